The fraction of sp³-hybridized carbons (Fsp3) is 0.909. The minimum absolute atomic E-state index is 0.186. The molecule has 82 valence electrons. The molecule has 1 aliphatic rings. The quantitative estimate of drug-likeness (QED) is 0.479. The van der Waals surface area contributed by atoms with Crippen molar-refractivity contribution < 1.29 is 9.53 Å². The third-order valence-electron chi connectivity index (χ3n) is 2.87. The Labute approximate surface area is 86.4 Å². The second-order valence-corrected chi connectivity index (χ2v) is 3.94. The summed E-state index contributed by atoms with van der Waals surface area (Å²) < 4.78 is 5.00. The molecule has 1 aliphatic heterocycles. The summed E-state index contributed by atoms with van der Waals surface area (Å²) in [5.41, 5.74) is 0. The predicted molar refractivity (Wildman–Crippen MR) is 56.4 cm³/mol. The van der Waals surface area contributed by atoms with Gasteiger partial charge in [0.1, 0.15) is 6.29 Å². The van der Waals surface area contributed by atoms with Gasteiger partial charge >= 0.3 is 0 Å². The fourth-order valence-corrected chi connectivity index (χ4v) is 2.01. The molecule has 1 saturated heterocycles. The van der Waals surface area contributed by atoms with Crippen LogP contribution in [0.2, 0.25) is 0 Å². The maximum Gasteiger partial charge on any atom is 0.137 e. The first-order chi connectivity index (χ1) is 6.88. The van der Waals surface area contributed by atoms with Crippen LogP contribution in [0.4, 0.5) is 0 Å². The Balaban J connectivity index is 2.16. The number of aldehydes is 1. The Bertz CT molecular complexity index is 161. The van der Waals surface area contributed by atoms with Gasteiger partial charge in [-0.15, -0.1) is 0 Å². The molecule has 1 atom stereocenters. The van der Waals surface area contributed by atoms with Crippen molar-refractivity contribution in [2.75, 3.05) is 26.8 Å². The highest BCUT2D eigenvalue weighted by molar-refractivity contribution is 5.57. The van der Waals surface area contributed by atoms with Crippen LogP contribution in [0.3, 0.4) is 0 Å². The van der Waals surface area contributed by atoms with E-state index in [1.807, 2.05) is 0 Å². The van der Waals surface area contributed by atoms with E-state index in [-0.39, 0.29) is 6.04 Å². The summed E-state index contributed by atoms with van der Waals surface area (Å²) in [6.45, 7) is 2.97. The smallest absolute Gasteiger partial charge is 0.137 e. The molecule has 0 radical (unpaired) electrons. The van der Waals surface area contributed by atoms with Gasteiger partial charge in [0, 0.05) is 13.7 Å². The third-order valence-corrected chi connectivity index (χ3v) is 2.87. The Kier molecular flexibility index (Phi) is 5.80. The number of hydrogen-bond acceptors (Lipinski definition) is 3. The van der Waals surface area contributed by atoms with Crippen LogP contribution in [0, 0.1) is 0 Å². The summed E-state index contributed by atoms with van der Waals surface area (Å²) in [6.07, 6.45) is 6.84. The molecule has 3 nitrogen and oxygen atoms in total. The molecule has 0 N–H and O–H groups in total. The van der Waals surface area contributed by atoms with Crippen LogP contribution in [-0.4, -0.2) is 44.0 Å². The van der Waals surface area contributed by atoms with Gasteiger partial charge in [0.05, 0.1) is 6.04 Å². The molecule has 0 aromatic carbocycles. The Morgan fingerprint density at radius 1 is 1.43 bits per heavy atom. The number of unbranched alkanes of at least 4 members (excludes halogenated alkanes) is 1. The minimum atomic E-state index is 0.186. The molecule has 1 unspecified atom stereocenters. The number of carbonyl (C=O) groups is 1. The molecule has 0 aromatic heterocycles. The van der Waals surface area contributed by atoms with E-state index in [1.165, 1.54) is 12.8 Å². The van der Waals surface area contributed by atoms with E-state index < -0.39 is 0 Å². The lowest BCUT2D eigenvalue weighted by Gasteiger charge is -2.32. The lowest BCUT2D eigenvalue weighted by molar-refractivity contribution is -0.113. The van der Waals surface area contributed by atoms with Crippen molar-refractivity contribution in [2.24, 2.45) is 0 Å². The van der Waals surface area contributed by atoms with Crippen LogP contribution in [0.1, 0.15) is 32.1 Å². The van der Waals surface area contributed by atoms with E-state index in [0.29, 0.717) is 0 Å². The van der Waals surface area contributed by atoms with E-state index in [0.717, 1.165) is 45.2 Å². The first-order valence-corrected chi connectivity index (χ1v) is 5.56. The molecule has 1 rings (SSSR count). The first-order valence-electron chi connectivity index (χ1n) is 5.56. The second-order valence-electron chi connectivity index (χ2n) is 3.94. The SMILES string of the molecule is COCCCCN1CCCCC1C=O. The average molecular weight is 199 g/mol. The van der Waals surface area contributed by atoms with Gasteiger partial charge < -0.3 is 9.53 Å². The number of methoxy groups -OCH3 is 1. The molecular weight excluding hydrogens is 178 g/mol. The third kappa shape index (κ3) is 3.76. The number of nitrogens with zero attached hydrogens (tertiary/aromatic N) is 1. The summed E-state index contributed by atoms with van der Waals surface area (Å²) in [7, 11) is 1.73. The number of ether oxygens (including phenoxy) is 1. The molecule has 0 aliphatic carbocycles. The fourth-order valence-electron chi connectivity index (χ4n) is 2.01. The van der Waals surface area contributed by atoms with Gasteiger partial charge in [-0.2, -0.15) is 0 Å². The molecule has 0 bridgehead atoms. The first kappa shape index (κ1) is 11.7. The highest BCUT2D eigenvalue weighted by Gasteiger charge is 2.20. The molecule has 3 heteroatoms. The summed E-state index contributed by atoms with van der Waals surface area (Å²) in [4.78, 5) is 13.1. The van der Waals surface area contributed by atoms with Crippen LogP contribution in [0.15, 0.2) is 0 Å². The molecule has 1 heterocycles. The number of hydrogen-bond donors (Lipinski definition) is 0. The van der Waals surface area contributed by atoms with Gasteiger partial charge in [-0.25, -0.2) is 0 Å². The highest BCUT2D eigenvalue weighted by atomic mass is 16.5. The van der Waals surface area contributed by atoms with Gasteiger partial charge in [-0.1, -0.05) is 6.42 Å². The van der Waals surface area contributed by atoms with Crippen LogP contribution >= 0.6 is 0 Å². The van der Waals surface area contributed by atoms with Crippen molar-refractivity contribution in [3.63, 3.8) is 0 Å². The zero-order valence-electron chi connectivity index (χ0n) is 9.08. The lowest BCUT2D eigenvalue weighted by atomic mass is 10.0. The van der Waals surface area contributed by atoms with E-state index >= 15 is 0 Å². The maximum atomic E-state index is 10.8. The van der Waals surface area contributed by atoms with Crippen molar-refractivity contribution in [3.05, 3.63) is 0 Å². The zero-order valence-corrected chi connectivity index (χ0v) is 9.08. The molecule has 0 amide bonds. The maximum absolute atomic E-state index is 10.8. The summed E-state index contributed by atoms with van der Waals surface area (Å²) >= 11 is 0. The number of piperidine rings is 1. The van der Waals surface area contributed by atoms with E-state index in [2.05, 4.69) is 4.90 Å². The topological polar surface area (TPSA) is 29.5 Å². The van der Waals surface area contributed by atoms with Crippen molar-refractivity contribution in [1.29, 1.82) is 0 Å². The molecule has 14 heavy (non-hydrogen) atoms. The molecule has 0 saturated carbocycles. The van der Waals surface area contributed by atoms with Crippen LogP contribution in [-0.2, 0) is 9.53 Å². The number of rotatable bonds is 6. The van der Waals surface area contributed by atoms with E-state index in [9.17, 15) is 4.79 Å². The normalized spacial score (nSPS) is 23.6. The van der Waals surface area contributed by atoms with Crippen LogP contribution < -0.4 is 0 Å². The Hall–Kier alpha value is -0.410. The van der Waals surface area contributed by atoms with Crippen LogP contribution in [0.5, 0.6) is 0 Å². The zero-order chi connectivity index (χ0) is 10.2. The number of likely N-dealkylation sites (tertiary alicyclic amines) is 1. The Morgan fingerprint density at radius 2 is 2.29 bits per heavy atom. The summed E-state index contributed by atoms with van der Waals surface area (Å²) in [5, 5.41) is 0. The van der Waals surface area contributed by atoms with Crippen molar-refractivity contribution in [3.8, 4) is 0 Å². The van der Waals surface area contributed by atoms with E-state index in [4.69, 9.17) is 4.74 Å². The summed E-state index contributed by atoms with van der Waals surface area (Å²) in [6, 6.07) is 0.186. The van der Waals surface area contributed by atoms with E-state index in [1.54, 1.807) is 7.11 Å². The van der Waals surface area contributed by atoms with Gasteiger partial charge in [0.2, 0.25) is 0 Å². The van der Waals surface area contributed by atoms with Gasteiger partial charge in [-0.05, 0) is 38.8 Å². The van der Waals surface area contributed by atoms with Crippen molar-refractivity contribution in [2.45, 2.75) is 38.1 Å². The van der Waals surface area contributed by atoms with Crippen LogP contribution in [0.25, 0.3) is 0 Å². The van der Waals surface area contributed by atoms with Crippen molar-refractivity contribution >= 4 is 6.29 Å². The van der Waals surface area contributed by atoms with Gasteiger partial charge in [0.15, 0.2) is 0 Å². The largest absolute Gasteiger partial charge is 0.385 e. The highest BCUT2D eigenvalue weighted by Crippen LogP contribution is 2.15. The lowest BCUT2D eigenvalue weighted by Crippen LogP contribution is -2.41. The van der Waals surface area contributed by atoms with Gasteiger partial charge in [0.25, 0.3) is 0 Å². The monoisotopic (exact) mass is 199 g/mol. The molecule has 0 aromatic rings. The Morgan fingerprint density at radius 3 is 3.00 bits per heavy atom. The second kappa shape index (κ2) is 6.96. The standard InChI is InChI=1S/C11H21NO2/c1-14-9-5-4-8-12-7-3-2-6-11(12)10-13/h10-11H,2-9H2,1H3. The molecular formula is C11H21NO2. The van der Waals surface area contributed by atoms with Gasteiger partial charge in [-0.3, -0.25) is 4.90 Å². The number of carbonyl (C=O) groups excluding carboxylic acids is 1. The van der Waals surface area contributed by atoms with Crippen molar-refractivity contribution in [1.82, 2.24) is 4.90 Å². The summed E-state index contributed by atoms with van der Waals surface area (Å²) in [5.74, 6) is 0. The average Bonchev–Trinajstić information content (AvgIpc) is 2.25. The minimum Gasteiger partial charge on any atom is -0.385 e. The molecule has 0 spiro atoms. The molecule has 1 fully saturated rings. The predicted octanol–water partition coefficient (Wildman–Crippen LogP) is 1.47.